The molecule has 0 aliphatic carbocycles. The van der Waals surface area contributed by atoms with Crippen molar-refractivity contribution in [1.82, 2.24) is 9.97 Å². The molecule has 2 aromatic heterocycles. The average molecular weight is 450 g/mol. The van der Waals surface area contributed by atoms with Gasteiger partial charge in [-0.15, -0.1) is 0 Å². The van der Waals surface area contributed by atoms with Crippen LogP contribution in [0.1, 0.15) is 12.0 Å². The van der Waals surface area contributed by atoms with Crippen molar-refractivity contribution in [3.63, 3.8) is 0 Å². The number of carbonyl (C=O) groups excluding carboxylic acids is 1. The van der Waals surface area contributed by atoms with Crippen molar-refractivity contribution in [2.45, 2.75) is 19.4 Å². The Hall–Kier alpha value is -2.93. The number of hydrogen-bond donors (Lipinski definition) is 1. The second-order valence-corrected chi connectivity index (χ2v) is 8.40. The third-order valence-electron chi connectivity index (χ3n) is 5.44. The first-order chi connectivity index (χ1) is 14.1. The van der Waals surface area contributed by atoms with E-state index in [-0.39, 0.29) is 12.1 Å². The lowest BCUT2D eigenvalue weighted by atomic mass is 10.1. The van der Waals surface area contributed by atoms with Gasteiger partial charge in [-0.2, -0.15) is 0 Å². The highest BCUT2D eigenvalue weighted by molar-refractivity contribution is 9.10. The number of pyridine rings is 2. The maximum atomic E-state index is 13.2. The number of aryl methyl sites for hydroxylation is 1. The Bertz CT molecular complexity index is 1100. The summed E-state index contributed by atoms with van der Waals surface area (Å²) >= 11 is 3.40. The first-order valence-electron chi connectivity index (χ1n) is 9.62. The fraction of sp³-hybridized carbons (Fsp3) is 0.227. The molecule has 5 rings (SSSR count). The Morgan fingerprint density at radius 3 is 2.93 bits per heavy atom. The predicted octanol–water partition coefficient (Wildman–Crippen LogP) is 4.85. The van der Waals surface area contributed by atoms with Gasteiger partial charge in [-0.25, -0.2) is 9.78 Å². The molecular weight excluding hydrogens is 430 g/mol. The molecular formula is C22H20BrN5O. The molecule has 1 N–H and O–H groups in total. The Morgan fingerprint density at radius 1 is 1.21 bits per heavy atom. The van der Waals surface area contributed by atoms with Gasteiger partial charge in [0.25, 0.3) is 0 Å². The van der Waals surface area contributed by atoms with Crippen LogP contribution >= 0.6 is 15.9 Å². The summed E-state index contributed by atoms with van der Waals surface area (Å²) in [4.78, 5) is 26.4. The van der Waals surface area contributed by atoms with Crippen LogP contribution in [0.3, 0.4) is 0 Å². The lowest BCUT2D eigenvalue weighted by Crippen LogP contribution is -2.48. The highest BCUT2D eigenvalue weighted by Crippen LogP contribution is 2.40. The third kappa shape index (κ3) is 3.35. The normalized spacial score (nSPS) is 17.2. The summed E-state index contributed by atoms with van der Waals surface area (Å²) in [6, 6.07) is 14.2. The van der Waals surface area contributed by atoms with Crippen molar-refractivity contribution < 1.29 is 4.79 Å². The molecule has 2 amide bonds. The van der Waals surface area contributed by atoms with Crippen LogP contribution in [0.4, 0.5) is 22.0 Å². The van der Waals surface area contributed by atoms with Crippen molar-refractivity contribution in [1.29, 1.82) is 0 Å². The summed E-state index contributed by atoms with van der Waals surface area (Å²) in [5.41, 5.74) is 4.77. The predicted molar refractivity (Wildman–Crippen MR) is 118 cm³/mol. The minimum Gasteiger partial charge on any atom is -0.366 e. The monoisotopic (exact) mass is 449 g/mol. The van der Waals surface area contributed by atoms with Gasteiger partial charge in [-0.1, -0.05) is 23.8 Å². The van der Waals surface area contributed by atoms with Crippen LogP contribution in [0.2, 0.25) is 0 Å². The number of aromatic nitrogens is 2. The highest BCUT2D eigenvalue weighted by Gasteiger charge is 2.40. The maximum absolute atomic E-state index is 13.2. The molecule has 2 aliphatic rings. The van der Waals surface area contributed by atoms with Crippen LogP contribution in [-0.4, -0.2) is 35.1 Å². The Kier molecular flexibility index (Phi) is 4.47. The van der Waals surface area contributed by atoms with Crippen molar-refractivity contribution in [3.8, 4) is 11.3 Å². The molecule has 2 aliphatic heterocycles. The topological polar surface area (TPSA) is 61.4 Å². The fourth-order valence-electron chi connectivity index (χ4n) is 4.10. The summed E-state index contributed by atoms with van der Waals surface area (Å²) in [5, 5.41) is 2.98. The van der Waals surface area contributed by atoms with Gasteiger partial charge in [-0.3, -0.25) is 9.88 Å². The molecule has 1 fully saturated rings. The van der Waals surface area contributed by atoms with E-state index in [0.29, 0.717) is 5.69 Å². The van der Waals surface area contributed by atoms with E-state index >= 15 is 0 Å². The second-order valence-electron chi connectivity index (χ2n) is 7.49. The molecule has 1 atom stereocenters. The molecule has 4 heterocycles. The number of nitrogens with one attached hydrogen (secondary N) is 1. The zero-order valence-electron chi connectivity index (χ0n) is 16.0. The number of nitrogens with zero attached hydrogens (tertiary/aromatic N) is 4. The minimum absolute atomic E-state index is 0.114. The first-order valence-corrected chi connectivity index (χ1v) is 10.4. The number of fused-ring (bicyclic) bond motifs is 4. The molecule has 29 heavy (non-hydrogen) atoms. The summed E-state index contributed by atoms with van der Waals surface area (Å²) in [6.07, 6.45) is 4.27. The Labute approximate surface area is 177 Å². The number of halogens is 1. The van der Waals surface area contributed by atoms with Gasteiger partial charge in [-0.05, 0) is 53.5 Å². The molecule has 6 nitrogen and oxygen atoms in total. The smallest absolute Gasteiger partial charge is 0.327 e. The van der Waals surface area contributed by atoms with E-state index in [1.54, 1.807) is 12.4 Å². The SMILES string of the molecule is Cc1cccc(-c2ccc3c(n2)N(C(=O)Nc2cncc(Br)c2)[C@H]2CCN3C2)c1. The summed E-state index contributed by atoms with van der Waals surface area (Å²) in [7, 11) is 0. The molecule has 3 aromatic rings. The Balaban J connectivity index is 1.53. The Morgan fingerprint density at radius 2 is 2.10 bits per heavy atom. The molecule has 0 spiro atoms. The van der Waals surface area contributed by atoms with E-state index in [0.717, 1.165) is 46.7 Å². The van der Waals surface area contributed by atoms with Gasteiger partial charge in [0.2, 0.25) is 0 Å². The quantitative estimate of drug-likeness (QED) is 0.607. The zero-order chi connectivity index (χ0) is 20.0. The summed E-state index contributed by atoms with van der Waals surface area (Å²) < 4.78 is 0.821. The van der Waals surface area contributed by atoms with Gasteiger partial charge < -0.3 is 10.2 Å². The fourth-order valence-corrected chi connectivity index (χ4v) is 4.47. The molecule has 0 saturated carbocycles. The van der Waals surface area contributed by atoms with Gasteiger partial charge >= 0.3 is 6.03 Å². The number of anilines is 3. The highest BCUT2D eigenvalue weighted by atomic mass is 79.9. The van der Waals surface area contributed by atoms with Gasteiger partial charge in [0, 0.05) is 29.3 Å². The molecule has 0 radical (unpaired) electrons. The minimum atomic E-state index is -0.174. The molecule has 0 unspecified atom stereocenters. The van der Waals surface area contributed by atoms with Crippen molar-refractivity contribution in [3.05, 3.63) is 64.9 Å². The summed E-state index contributed by atoms with van der Waals surface area (Å²) in [5.74, 6) is 0.721. The van der Waals surface area contributed by atoms with E-state index in [1.165, 1.54) is 5.56 Å². The van der Waals surface area contributed by atoms with Crippen LogP contribution in [0.5, 0.6) is 0 Å². The van der Waals surface area contributed by atoms with Gasteiger partial charge in [0.1, 0.15) is 0 Å². The van der Waals surface area contributed by atoms with Crippen molar-refractivity contribution in [2.75, 3.05) is 28.2 Å². The average Bonchev–Trinajstić information content (AvgIpc) is 3.12. The van der Waals surface area contributed by atoms with Crippen LogP contribution in [0.15, 0.2) is 59.3 Å². The largest absolute Gasteiger partial charge is 0.366 e. The molecule has 7 heteroatoms. The molecule has 1 aromatic carbocycles. The van der Waals surface area contributed by atoms with E-state index in [1.807, 2.05) is 23.1 Å². The van der Waals surface area contributed by atoms with E-state index in [9.17, 15) is 4.79 Å². The van der Waals surface area contributed by atoms with Gasteiger partial charge in [0.15, 0.2) is 5.82 Å². The third-order valence-corrected chi connectivity index (χ3v) is 5.87. The van der Waals surface area contributed by atoms with Gasteiger partial charge in [0.05, 0.1) is 29.3 Å². The number of hydrogen-bond acceptors (Lipinski definition) is 4. The maximum Gasteiger partial charge on any atom is 0.327 e. The van der Waals surface area contributed by atoms with Crippen LogP contribution in [0, 0.1) is 6.92 Å². The summed E-state index contributed by atoms with van der Waals surface area (Å²) in [6.45, 7) is 3.84. The van der Waals surface area contributed by atoms with Crippen LogP contribution in [0.25, 0.3) is 11.3 Å². The van der Waals surface area contributed by atoms with Crippen molar-refractivity contribution in [2.24, 2.45) is 0 Å². The van der Waals surface area contributed by atoms with Crippen molar-refractivity contribution >= 4 is 39.2 Å². The number of amides is 2. The van der Waals surface area contributed by atoms with E-state index in [4.69, 9.17) is 4.98 Å². The first kappa shape index (κ1) is 18.1. The standard InChI is InChI=1S/C22H20BrN5O/c1-14-3-2-4-15(9-14)19-5-6-20-21(26-19)28(18-7-8-27(20)13-18)22(29)25-17-10-16(23)11-24-12-17/h2-6,9-12,18H,7-8,13H2,1H3,(H,25,29)/t18-/m0/s1. The molecule has 1 saturated heterocycles. The molecule has 2 bridgehead atoms. The number of rotatable bonds is 2. The number of benzene rings is 1. The number of carbonyl (C=O) groups is 1. The second kappa shape index (κ2) is 7.15. The zero-order valence-corrected chi connectivity index (χ0v) is 17.6. The van der Waals surface area contributed by atoms with E-state index < -0.39 is 0 Å². The number of urea groups is 1. The van der Waals surface area contributed by atoms with Crippen LogP contribution < -0.4 is 15.1 Å². The lowest BCUT2D eigenvalue weighted by molar-refractivity contribution is 0.255. The lowest BCUT2D eigenvalue weighted by Gasteiger charge is -2.36. The van der Waals surface area contributed by atoms with E-state index in [2.05, 4.69) is 62.3 Å². The van der Waals surface area contributed by atoms with Crippen LogP contribution in [-0.2, 0) is 0 Å². The molecule has 146 valence electrons.